The van der Waals surface area contributed by atoms with E-state index in [2.05, 4.69) is 11.9 Å². The van der Waals surface area contributed by atoms with Gasteiger partial charge >= 0.3 is 0 Å². The number of rotatable bonds is 6. The Morgan fingerprint density at radius 2 is 2.31 bits per heavy atom. The van der Waals surface area contributed by atoms with Crippen molar-refractivity contribution in [1.29, 1.82) is 0 Å². The van der Waals surface area contributed by atoms with Crippen molar-refractivity contribution in [3.05, 3.63) is 42.0 Å². The van der Waals surface area contributed by atoms with Crippen molar-refractivity contribution in [2.24, 2.45) is 0 Å². The zero-order chi connectivity index (χ0) is 12.0. The molecule has 0 aliphatic rings. The Morgan fingerprint density at radius 1 is 1.56 bits per heavy atom. The lowest BCUT2D eigenvalue weighted by Gasteiger charge is -2.15. The minimum Gasteiger partial charge on any atom is -0.496 e. The third-order valence-electron chi connectivity index (χ3n) is 2.37. The van der Waals surface area contributed by atoms with Gasteiger partial charge in [0.2, 0.25) is 0 Å². The molecule has 2 N–H and O–H groups in total. The highest BCUT2D eigenvalue weighted by molar-refractivity contribution is 5.38. The molecule has 1 aromatic carbocycles. The molecule has 0 fully saturated rings. The molecule has 0 amide bonds. The number of benzene rings is 1. The van der Waals surface area contributed by atoms with Crippen LogP contribution in [0.25, 0.3) is 0 Å². The molecule has 88 valence electrons. The predicted molar refractivity (Wildman–Crippen MR) is 65.8 cm³/mol. The molecule has 1 rings (SSSR count). The normalized spacial score (nSPS) is 12.2. The first-order chi connectivity index (χ1) is 7.69. The topological polar surface area (TPSA) is 41.5 Å². The second-order valence-electron chi connectivity index (χ2n) is 3.71. The van der Waals surface area contributed by atoms with Crippen LogP contribution in [0, 0.1) is 6.92 Å². The molecule has 0 spiro atoms. The number of methoxy groups -OCH3 is 1. The van der Waals surface area contributed by atoms with Gasteiger partial charge in [-0.2, -0.15) is 0 Å². The Hall–Kier alpha value is -1.32. The number of hydrogen-bond donors (Lipinski definition) is 2. The molecule has 0 radical (unpaired) electrons. The Balaban J connectivity index is 2.75. The van der Waals surface area contributed by atoms with E-state index in [1.165, 1.54) is 0 Å². The van der Waals surface area contributed by atoms with E-state index in [4.69, 9.17) is 4.74 Å². The third-order valence-corrected chi connectivity index (χ3v) is 2.37. The highest BCUT2D eigenvalue weighted by atomic mass is 16.5. The summed E-state index contributed by atoms with van der Waals surface area (Å²) in [7, 11) is 1.61. The summed E-state index contributed by atoms with van der Waals surface area (Å²) in [4.78, 5) is 0. The molecule has 1 atom stereocenters. The van der Waals surface area contributed by atoms with Crippen molar-refractivity contribution in [3.8, 4) is 5.75 Å². The van der Waals surface area contributed by atoms with Crippen molar-refractivity contribution in [1.82, 2.24) is 5.32 Å². The first-order valence-electron chi connectivity index (χ1n) is 5.33. The monoisotopic (exact) mass is 221 g/mol. The maximum atomic E-state index is 10.0. The minimum atomic E-state index is -0.560. The molecule has 3 heteroatoms. The molecule has 0 saturated heterocycles. The van der Waals surface area contributed by atoms with Crippen LogP contribution < -0.4 is 10.1 Å². The Bertz CT molecular complexity index is 350. The first-order valence-corrected chi connectivity index (χ1v) is 5.33. The van der Waals surface area contributed by atoms with Crippen LogP contribution in [0.5, 0.6) is 5.75 Å². The Kier molecular flexibility index (Phi) is 5.02. The zero-order valence-electron chi connectivity index (χ0n) is 9.86. The van der Waals surface area contributed by atoms with Crippen molar-refractivity contribution < 1.29 is 9.84 Å². The van der Waals surface area contributed by atoms with Crippen LogP contribution >= 0.6 is 0 Å². The molecule has 16 heavy (non-hydrogen) atoms. The van der Waals surface area contributed by atoms with Crippen LogP contribution in [0.2, 0.25) is 0 Å². The molecule has 0 bridgehead atoms. The van der Waals surface area contributed by atoms with Gasteiger partial charge in [-0.3, -0.25) is 0 Å². The lowest BCUT2D eigenvalue weighted by Crippen LogP contribution is -2.21. The number of ether oxygens (including phenoxy) is 1. The first kappa shape index (κ1) is 12.7. The number of hydrogen-bond acceptors (Lipinski definition) is 3. The molecular formula is C13H19NO2. The smallest absolute Gasteiger partial charge is 0.124 e. The fourth-order valence-electron chi connectivity index (χ4n) is 1.55. The van der Waals surface area contributed by atoms with Gasteiger partial charge in [-0.1, -0.05) is 17.7 Å². The van der Waals surface area contributed by atoms with E-state index in [1.54, 1.807) is 13.2 Å². The number of aliphatic hydroxyl groups excluding tert-OH is 1. The van der Waals surface area contributed by atoms with Crippen molar-refractivity contribution in [2.75, 3.05) is 20.2 Å². The van der Waals surface area contributed by atoms with E-state index in [1.807, 2.05) is 25.1 Å². The summed E-state index contributed by atoms with van der Waals surface area (Å²) in [5.41, 5.74) is 1.93. The molecule has 0 aliphatic heterocycles. The Labute approximate surface area is 96.8 Å². The van der Waals surface area contributed by atoms with Crippen molar-refractivity contribution >= 4 is 0 Å². The molecule has 3 nitrogen and oxygen atoms in total. The average molecular weight is 221 g/mol. The molecule has 0 saturated carbocycles. The lowest BCUT2D eigenvalue weighted by molar-refractivity contribution is 0.172. The van der Waals surface area contributed by atoms with Crippen LogP contribution in [-0.2, 0) is 0 Å². The fourth-order valence-corrected chi connectivity index (χ4v) is 1.55. The second-order valence-corrected chi connectivity index (χ2v) is 3.71. The van der Waals surface area contributed by atoms with E-state index in [0.717, 1.165) is 16.9 Å². The van der Waals surface area contributed by atoms with E-state index in [-0.39, 0.29) is 0 Å². The predicted octanol–water partition coefficient (Wildman–Crippen LogP) is 1.81. The highest BCUT2D eigenvalue weighted by Crippen LogP contribution is 2.25. The molecule has 0 heterocycles. The van der Waals surface area contributed by atoms with E-state index in [9.17, 15) is 5.11 Å². The van der Waals surface area contributed by atoms with Crippen LogP contribution in [0.4, 0.5) is 0 Å². The number of aryl methyl sites for hydroxylation is 1. The molecule has 1 aromatic rings. The summed E-state index contributed by atoms with van der Waals surface area (Å²) in [6.45, 7) is 6.78. The lowest BCUT2D eigenvalue weighted by atomic mass is 10.1. The number of aliphatic hydroxyl groups is 1. The molecule has 0 aliphatic carbocycles. The minimum absolute atomic E-state index is 0.492. The molecule has 1 unspecified atom stereocenters. The fraction of sp³-hybridized carbons (Fsp3) is 0.385. The summed E-state index contributed by atoms with van der Waals surface area (Å²) in [6.07, 6.45) is 1.20. The third kappa shape index (κ3) is 3.36. The summed E-state index contributed by atoms with van der Waals surface area (Å²) < 4.78 is 5.22. The summed E-state index contributed by atoms with van der Waals surface area (Å²) in [6, 6.07) is 5.78. The van der Waals surface area contributed by atoms with Gasteiger partial charge in [0.15, 0.2) is 0 Å². The number of nitrogens with one attached hydrogen (secondary N) is 1. The van der Waals surface area contributed by atoms with Gasteiger partial charge in [0, 0.05) is 18.7 Å². The van der Waals surface area contributed by atoms with Gasteiger partial charge in [-0.05, 0) is 19.1 Å². The maximum absolute atomic E-state index is 10.0. The second kappa shape index (κ2) is 6.30. The van der Waals surface area contributed by atoms with Crippen molar-refractivity contribution in [2.45, 2.75) is 13.0 Å². The summed E-state index contributed by atoms with van der Waals surface area (Å²) in [5.74, 6) is 0.721. The van der Waals surface area contributed by atoms with Crippen LogP contribution in [0.1, 0.15) is 17.2 Å². The van der Waals surface area contributed by atoms with Crippen LogP contribution in [0.15, 0.2) is 30.9 Å². The van der Waals surface area contributed by atoms with Gasteiger partial charge in [0.05, 0.1) is 13.2 Å². The van der Waals surface area contributed by atoms with Crippen LogP contribution in [0.3, 0.4) is 0 Å². The van der Waals surface area contributed by atoms with Crippen molar-refractivity contribution in [3.63, 3.8) is 0 Å². The van der Waals surface area contributed by atoms with Gasteiger partial charge in [0.1, 0.15) is 5.75 Å². The summed E-state index contributed by atoms with van der Waals surface area (Å²) in [5, 5.41) is 13.1. The Morgan fingerprint density at radius 3 is 2.94 bits per heavy atom. The van der Waals surface area contributed by atoms with Gasteiger partial charge in [-0.15, -0.1) is 6.58 Å². The maximum Gasteiger partial charge on any atom is 0.124 e. The highest BCUT2D eigenvalue weighted by Gasteiger charge is 2.12. The molecular weight excluding hydrogens is 202 g/mol. The van der Waals surface area contributed by atoms with Gasteiger partial charge in [-0.25, -0.2) is 0 Å². The quantitative estimate of drug-likeness (QED) is 0.568. The van der Waals surface area contributed by atoms with E-state index >= 15 is 0 Å². The SMILES string of the molecule is C=CCNCC(O)c1cc(C)ccc1OC. The average Bonchev–Trinajstić information content (AvgIpc) is 2.29. The van der Waals surface area contributed by atoms with Gasteiger partial charge < -0.3 is 15.2 Å². The standard InChI is InChI=1S/C13H19NO2/c1-4-7-14-9-12(15)11-8-10(2)5-6-13(11)16-3/h4-6,8,12,14-15H,1,7,9H2,2-3H3. The van der Waals surface area contributed by atoms with Crippen LogP contribution in [-0.4, -0.2) is 25.3 Å². The largest absolute Gasteiger partial charge is 0.496 e. The van der Waals surface area contributed by atoms with E-state index in [0.29, 0.717) is 13.1 Å². The zero-order valence-corrected chi connectivity index (χ0v) is 9.86. The molecule has 0 aromatic heterocycles. The van der Waals surface area contributed by atoms with Gasteiger partial charge in [0.25, 0.3) is 0 Å². The van der Waals surface area contributed by atoms with E-state index < -0.39 is 6.10 Å². The summed E-state index contributed by atoms with van der Waals surface area (Å²) >= 11 is 0.